The number of nitrogens with one attached hydrogen (secondary N) is 2. The third-order valence-electron chi connectivity index (χ3n) is 4.97. The molecule has 1 aromatic carbocycles. The lowest BCUT2D eigenvalue weighted by atomic mass is 9.96. The van der Waals surface area contributed by atoms with Crippen molar-refractivity contribution < 1.29 is 18.9 Å². The van der Waals surface area contributed by atoms with E-state index in [1.54, 1.807) is 21.3 Å². The number of rotatable bonds is 7. The zero-order chi connectivity index (χ0) is 18.5. The molecular formula is C19H30IN3O4. The van der Waals surface area contributed by atoms with Crippen molar-refractivity contribution in [2.75, 3.05) is 27.9 Å². The fraction of sp³-hybridized carbons (Fsp3) is 0.632. The van der Waals surface area contributed by atoms with Crippen LogP contribution in [0.25, 0.3) is 0 Å². The molecule has 0 radical (unpaired) electrons. The van der Waals surface area contributed by atoms with E-state index in [1.807, 2.05) is 12.1 Å². The van der Waals surface area contributed by atoms with Gasteiger partial charge in [0.05, 0.1) is 46.1 Å². The van der Waals surface area contributed by atoms with E-state index in [4.69, 9.17) is 23.9 Å². The number of benzene rings is 1. The van der Waals surface area contributed by atoms with E-state index >= 15 is 0 Å². The Kier molecular flexibility index (Phi) is 8.28. The first-order chi connectivity index (χ1) is 12.7. The molecule has 3 rings (SSSR count). The summed E-state index contributed by atoms with van der Waals surface area (Å²) in [6.45, 7) is 3.34. The van der Waals surface area contributed by atoms with Crippen LogP contribution in [0.1, 0.15) is 31.7 Å². The second-order valence-corrected chi connectivity index (χ2v) is 6.57. The molecule has 0 aliphatic carbocycles. The van der Waals surface area contributed by atoms with Crippen molar-refractivity contribution >= 4 is 29.9 Å². The Morgan fingerprint density at radius 2 is 1.81 bits per heavy atom. The van der Waals surface area contributed by atoms with Crippen LogP contribution in [0.5, 0.6) is 17.2 Å². The Balaban J connectivity index is 0.00000261. The summed E-state index contributed by atoms with van der Waals surface area (Å²) in [5, 5.41) is 6.84. The van der Waals surface area contributed by atoms with Crippen molar-refractivity contribution in [2.24, 2.45) is 4.99 Å². The van der Waals surface area contributed by atoms with Gasteiger partial charge < -0.3 is 29.6 Å². The first-order valence-corrected chi connectivity index (χ1v) is 9.17. The third kappa shape index (κ3) is 5.10. The highest BCUT2D eigenvalue weighted by atomic mass is 127. The number of nitrogens with zero attached hydrogens (tertiary/aromatic N) is 1. The molecule has 0 amide bonds. The molecule has 0 aromatic heterocycles. The van der Waals surface area contributed by atoms with Gasteiger partial charge in [0.25, 0.3) is 0 Å². The number of hydrogen-bond donors (Lipinski definition) is 2. The molecule has 27 heavy (non-hydrogen) atoms. The lowest BCUT2D eigenvalue weighted by molar-refractivity contribution is 0.0992. The second-order valence-electron chi connectivity index (χ2n) is 6.57. The van der Waals surface area contributed by atoms with E-state index in [9.17, 15) is 0 Å². The van der Waals surface area contributed by atoms with Gasteiger partial charge in [0, 0.05) is 18.2 Å². The monoisotopic (exact) mass is 491 g/mol. The molecule has 1 aromatic rings. The first kappa shape index (κ1) is 21.9. The minimum Gasteiger partial charge on any atom is -0.496 e. The molecule has 2 N–H and O–H groups in total. The second kappa shape index (κ2) is 10.2. The number of hydrogen-bond acceptors (Lipinski definition) is 5. The van der Waals surface area contributed by atoms with Gasteiger partial charge in [0.15, 0.2) is 17.5 Å². The topological polar surface area (TPSA) is 73.3 Å². The van der Waals surface area contributed by atoms with Crippen LogP contribution in [0, 0.1) is 0 Å². The molecule has 2 saturated heterocycles. The highest BCUT2D eigenvalue weighted by Crippen LogP contribution is 2.35. The van der Waals surface area contributed by atoms with E-state index < -0.39 is 0 Å². The molecule has 2 aliphatic rings. The van der Waals surface area contributed by atoms with Crippen molar-refractivity contribution in [1.29, 1.82) is 0 Å². The number of methoxy groups -OCH3 is 3. The van der Waals surface area contributed by atoms with E-state index in [2.05, 4.69) is 17.6 Å². The maximum Gasteiger partial charge on any atom is 0.191 e. The third-order valence-corrected chi connectivity index (χ3v) is 4.97. The molecule has 2 bridgehead atoms. The zero-order valence-corrected chi connectivity index (χ0v) is 18.7. The summed E-state index contributed by atoms with van der Waals surface area (Å²) in [6.07, 6.45) is 4.07. The summed E-state index contributed by atoms with van der Waals surface area (Å²) in [7, 11) is 4.88. The normalized spacial score (nSPS) is 23.6. The Bertz CT molecular complexity index is 656. The maximum atomic E-state index is 5.92. The Morgan fingerprint density at radius 1 is 1.11 bits per heavy atom. The maximum absolute atomic E-state index is 5.92. The van der Waals surface area contributed by atoms with E-state index in [1.165, 1.54) is 6.42 Å². The van der Waals surface area contributed by atoms with Gasteiger partial charge in [-0.05, 0) is 32.3 Å². The molecule has 0 spiro atoms. The van der Waals surface area contributed by atoms with Crippen molar-refractivity contribution in [3.63, 3.8) is 0 Å². The lowest BCUT2D eigenvalue weighted by Crippen LogP contribution is -2.47. The smallest absolute Gasteiger partial charge is 0.191 e. The van der Waals surface area contributed by atoms with Crippen molar-refractivity contribution in [3.05, 3.63) is 17.7 Å². The van der Waals surface area contributed by atoms with Crippen LogP contribution in [-0.4, -0.2) is 52.1 Å². The number of aliphatic imine (C=N–C) groups is 1. The van der Waals surface area contributed by atoms with Crippen LogP contribution >= 0.6 is 24.0 Å². The van der Waals surface area contributed by atoms with Crippen LogP contribution < -0.4 is 24.8 Å². The minimum atomic E-state index is 0. The number of fused-ring (bicyclic) bond motifs is 2. The molecule has 3 unspecified atom stereocenters. The average Bonchev–Trinajstić information content (AvgIpc) is 3.28. The van der Waals surface area contributed by atoms with Crippen LogP contribution in [0.3, 0.4) is 0 Å². The van der Waals surface area contributed by atoms with Gasteiger partial charge in [-0.3, -0.25) is 0 Å². The fourth-order valence-corrected chi connectivity index (χ4v) is 3.67. The summed E-state index contributed by atoms with van der Waals surface area (Å²) < 4.78 is 22.1. The van der Waals surface area contributed by atoms with Gasteiger partial charge in [-0.1, -0.05) is 0 Å². The molecule has 0 saturated carbocycles. The first-order valence-electron chi connectivity index (χ1n) is 9.17. The van der Waals surface area contributed by atoms with Gasteiger partial charge in [0.1, 0.15) is 5.75 Å². The van der Waals surface area contributed by atoms with Gasteiger partial charge in [-0.25, -0.2) is 4.99 Å². The fourth-order valence-electron chi connectivity index (χ4n) is 3.67. The highest BCUT2D eigenvalue weighted by molar-refractivity contribution is 14.0. The molecule has 2 fully saturated rings. The quantitative estimate of drug-likeness (QED) is 0.347. The molecule has 3 atom stereocenters. The number of ether oxygens (including phenoxy) is 4. The summed E-state index contributed by atoms with van der Waals surface area (Å²) in [4.78, 5) is 4.73. The standard InChI is InChI=1S/C19H29N3O4.HI/c1-5-20-19(22-14-9-13-6-7-15(14)26-13)21-11-12-8-17(24-3)18(25-4)10-16(12)23-2;/h8,10,13-15H,5-7,9,11H2,1-4H3,(H2,20,21,22);1H. The molecular weight excluding hydrogens is 461 g/mol. The number of guanidine groups is 1. The molecule has 2 aliphatic heterocycles. The Hall–Kier alpha value is -1.42. The van der Waals surface area contributed by atoms with Gasteiger partial charge in [0.2, 0.25) is 0 Å². The Labute approximate surface area is 178 Å². The van der Waals surface area contributed by atoms with Crippen LogP contribution in [0.4, 0.5) is 0 Å². The lowest BCUT2D eigenvalue weighted by Gasteiger charge is -2.22. The summed E-state index contributed by atoms with van der Waals surface area (Å²) in [5.41, 5.74) is 0.937. The zero-order valence-electron chi connectivity index (χ0n) is 16.4. The van der Waals surface area contributed by atoms with E-state index in [0.29, 0.717) is 36.3 Å². The highest BCUT2D eigenvalue weighted by Gasteiger charge is 2.41. The summed E-state index contributed by atoms with van der Waals surface area (Å²) in [6, 6.07) is 4.07. The van der Waals surface area contributed by atoms with Gasteiger partial charge in [-0.2, -0.15) is 0 Å². The molecule has 7 nitrogen and oxygen atoms in total. The van der Waals surface area contributed by atoms with Crippen molar-refractivity contribution in [2.45, 2.75) is 51.0 Å². The van der Waals surface area contributed by atoms with Gasteiger partial charge in [-0.15, -0.1) is 24.0 Å². The molecule has 8 heteroatoms. The van der Waals surface area contributed by atoms with E-state index in [-0.39, 0.29) is 24.0 Å². The summed E-state index contributed by atoms with van der Waals surface area (Å²) in [5.74, 6) is 2.83. The Morgan fingerprint density at radius 3 is 2.37 bits per heavy atom. The van der Waals surface area contributed by atoms with E-state index in [0.717, 1.165) is 36.7 Å². The molecule has 2 heterocycles. The predicted molar refractivity (Wildman–Crippen MR) is 116 cm³/mol. The molecule has 152 valence electrons. The number of halogens is 1. The van der Waals surface area contributed by atoms with Crippen molar-refractivity contribution in [3.8, 4) is 17.2 Å². The summed E-state index contributed by atoms with van der Waals surface area (Å²) >= 11 is 0. The van der Waals surface area contributed by atoms with Crippen LogP contribution in [-0.2, 0) is 11.3 Å². The van der Waals surface area contributed by atoms with Crippen LogP contribution in [0.2, 0.25) is 0 Å². The average molecular weight is 491 g/mol. The minimum absolute atomic E-state index is 0. The SMILES string of the molecule is CCNC(=NCc1cc(OC)c(OC)cc1OC)NC1CC2CCC1O2.I. The van der Waals surface area contributed by atoms with Crippen LogP contribution in [0.15, 0.2) is 17.1 Å². The predicted octanol–water partition coefficient (Wildman–Crippen LogP) is 2.71. The largest absolute Gasteiger partial charge is 0.496 e. The van der Waals surface area contributed by atoms with Crippen molar-refractivity contribution in [1.82, 2.24) is 10.6 Å². The van der Waals surface area contributed by atoms with Gasteiger partial charge >= 0.3 is 0 Å².